The number of halogens is 1. The number of imidazole rings is 1. The fourth-order valence-corrected chi connectivity index (χ4v) is 2.93. The van der Waals surface area contributed by atoms with E-state index in [1.807, 2.05) is 0 Å². The van der Waals surface area contributed by atoms with Gasteiger partial charge in [-0.3, -0.25) is 0 Å². The molecular weight excluding hydrogens is 297 g/mol. The highest BCUT2D eigenvalue weighted by Gasteiger charge is 2.15. The summed E-state index contributed by atoms with van der Waals surface area (Å²) in [6.07, 6.45) is 1.87. The third-order valence-corrected chi connectivity index (χ3v) is 3.92. The number of hydrogen-bond acceptors (Lipinski definition) is 4. The first-order chi connectivity index (χ1) is 9.66. The van der Waals surface area contributed by atoms with Crippen LogP contribution in [0.2, 0.25) is 0 Å². The Hall–Kier alpha value is -1.99. The summed E-state index contributed by atoms with van der Waals surface area (Å²) < 4.78 is 15.4. The van der Waals surface area contributed by atoms with Crippen LogP contribution in [-0.4, -0.2) is 19.6 Å². The van der Waals surface area contributed by atoms with Gasteiger partial charge in [0.05, 0.1) is 5.69 Å². The van der Waals surface area contributed by atoms with Crippen LogP contribution in [0.25, 0.3) is 5.13 Å². The van der Waals surface area contributed by atoms with Crippen LogP contribution >= 0.6 is 23.6 Å². The molecule has 0 aliphatic heterocycles. The molecule has 2 heterocycles. The van der Waals surface area contributed by atoms with Crippen molar-refractivity contribution in [1.29, 1.82) is 0 Å². The number of hydrogen-bond donors (Lipinski definition) is 2. The first-order valence-corrected chi connectivity index (χ1v) is 7.11. The molecule has 2 aromatic heterocycles. The van der Waals surface area contributed by atoms with Gasteiger partial charge in [0.2, 0.25) is 5.88 Å². The molecule has 4 nitrogen and oxygen atoms in total. The smallest absolute Gasteiger partial charge is 0.220 e. The standard InChI is InChI=1S/C13H10FN3OS2/c14-9-4-2-1-3-8(9)7-10-11(18)17(12(19)16-10)13-15-5-6-20-13/h1-6,18H,7H2,(H,16,19). The van der Waals surface area contributed by atoms with Gasteiger partial charge in [-0.2, -0.15) is 0 Å². The molecule has 0 aliphatic rings. The second-order valence-corrected chi connectivity index (χ2v) is 5.41. The molecule has 3 rings (SSSR count). The summed E-state index contributed by atoms with van der Waals surface area (Å²) in [7, 11) is 0. The molecule has 0 aliphatic carbocycles. The average molecular weight is 307 g/mol. The number of nitrogens with zero attached hydrogens (tertiary/aromatic N) is 2. The van der Waals surface area contributed by atoms with Gasteiger partial charge in [0, 0.05) is 18.0 Å². The number of benzene rings is 1. The number of aromatic amines is 1. The van der Waals surface area contributed by atoms with Crippen molar-refractivity contribution in [2.75, 3.05) is 0 Å². The maximum absolute atomic E-state index is 13.6. The molecule has 0 spiro atoms. The zero-order valence-electron chi connectivity index (χ0n) is 10.2. The van der Waals surface area contributed by atoms with Crippen molar-refractivity contribution in [2.24, 2.45) is 0 Å². The third-order valence-electron chi connectivity index (χ3n) is 2.88. The molecule has 0 saturated carbocycles. The van der Waals surface area contributed by atoms with Crippen LogP contribution in [0.1, 0.15) is 11.3 Å². The van der Waals surface area contributed by atoms with Gasteiger partial charge in [0.15, 0.2) is 9.90 Å². The number of aromatic hydroxyl groups is 1. The third kappa shape index (κ3) is 2.25. The molecule has 20 heavy (non-hydrogen) atoms. The van der Waals surface area contributed by atoms with Crippen molar-refractivity contribution >= 4 is 23.6 Å². The number of thiazole rings is 1. The van der Waals surface area contributed by atoms with E-state index >= 15 is 0 Å². The Labute approximate surface area is 123 Å². The van der Waals surface area contributed by atoms with Gasteiger partial charge in [-0.15, -0.1) is 11.3 Å². The Morgan fingerprint density at radius 3 is 2.90 bits per heavy atom. The van der Waals surface area contributed by atoms with E-state index < -0.39 is 0 Å². The van der Waals surface area contributed by atoms with Gasteiger partial charge in [-0.05, 0) is 23.8 Å². The second kappa shape index (κ2) is 5.18. The second-order valence-electron chi connectivity index (χ2n) is 4.15. The van der Waals surface area contributed by atoms with E-state index in [9.17, 15) is 9.50 Å². The zero-order chi connectivity index (χ0) is 14.1. The predicted molar refractivity (Wildman–Crippen MR) is 77.5 cm³/mol. The van der Waals surface area contributed by atoms with Crippen LogP contribution in [0.3, 0.4) is 0 Å². The van der Waals surface area contributed by atoms with Gasteiger partial charge in [-0.1, -0.05) is 18.2 Å². The molecule has 0 radical (unpaired) electrons. The predicted octanol–water partition coefficient (Wildman–Crippen LogP) is 3.43. The lowest BCUT2D eigenvalue weighted by molar-refractivity contribution is 0.436. The molecule has 0 saturated heterocycles. The molecule has 0 fully saturated rings. The molecular formula is C13H10FN3OS2. The Morgan fingerprint density at radius 2 is 2.20 bits per heavy atom. The lowest BCUT2D eigenvalue weighted by Crippen LogP contribution is -1.94. The largest absolute Gasteiger partial charge is 0.493 e. The summed E-state index contributed by atoms with van der Waals surface area (Å²) in [5, 5.41) is 12.6. The van der Waals surface area contributed by atoms with Crippen LogP contribution in [-0.2, 0) is 6.42 Å². The lowest BCUT2D eigenvalue weighted by atomic mass is 10.1. The number of nitrogens with one attached hydrogen (secondary N) is 1. The summed E-state index contributed by atoms with van der Waals surface area (Å²) in [5.74, 6) is -0.346. The molecule has 0 bridgehead atoms. The maximum Gasteiger partial charge on any atom is 0.220 e. The minimum Gasteiger partial charge on any atom is -0.493 e. The normalized spacial score (nSPS) is 10.8. The van der Waals surface area contributed by atoms with Crippen molar-refractivity contribution in [3.8, 4) is 11.0 Å². The fraction of sp³-hybridized carbons (Fsp3) is 0.0769. The fourth-order valence-electron chi connectivity index (χ4n) is 1.93. The topological polar surface area (TPSA) is 53.8 Å². The quantitative estimate of drug-likeness (QED) is 0.729. The van der Waals surface area contributed by atoms with E-state index in [-0.39, 0.29) is 18.1 Å². The van der Waals surface area contributed by atoms with Crippen molar-refractivity contribution < 1.29 is 9.50 Å². The van der Waals surface area contributed by atoms with Gasteiger partial charge < -0.3 is 10.1 Å². The molecule has 7 heteroatoms. The number of aromatic nitrogens is 3. The van der Waals surface area contributed by atoms with Crippen molar-refractivity contribution in [3.63, 3.8) is 0 Å². The van der Waals surface area contributed by atoms with Crippen molar-refractivity contribution in [2.45, 2.75) is 6.42 Å². The van der Waals surface area contributed by atoms with Crippen molar-refractivity contribution in [1.82, 2.24) is 14.5 Å². The maximum atomic E-state index is 13.6. The minimum absolute atomic E-state index is 0.0341. The van der Waals surface area contributed by atoms with Gasteiger partial charge in [0.25, 0.3) is 0 Å². The van der Waals surface area contributed by atoms with Crippen LogP contribution in [0, 0.1) is 10.6 Å². The van der Waals surface area contributed by atoms with E-state index in [0.717, 1.165) is 0 Å². The van der Waals surface area contributed by atoms with Gasteiger partial charge in [-0.25, -0.2) is 13.9 Å². The number of rotatable bonds is 3. The van der Waals surface area contributed by atoms with Crippen molar-refractivity contribution in [3.05, 3.63) is 57.7 Å². The molecule has 1 aromatic carbocycles. The molecule has 0 unspecified atom stereocenters. The first kappa shape index (κ1) is 13.0. The lowest BCUT2D eigenvalue weighted by Gasteiger charge is -2.02. The Morgan fingerprint density at radius 1 is 1.40 bits per heavy atom. The van der Waals surface area contributed by atoms with E-state index in [1.54, 1.807) is 29.8 Å². The highest BCUT2D eigenvalue weighted by atomic mass is 32.1. The van der Waals surface area contributed by atoms with E-state index in [0.29, 0.717) is 21.2 Å². The van der Waals surface area contributed by atoms with Crippen LogP contribution < -0.4 is 0 Å². The summed E-state index contributed by atoms with van der Waals surface area (Å²) in [6, 6.07) is 6.44. The van der Waals surface area contributed by atoms with E-state index in [2.05, 4.69) is 9.97 Å². The molecule has 2 N–H and O–H groups in total. The summed E-state index contributed by atoms with van der Waals surface area (Å²) in [4.78, 5) is 7.01. The zero-order valence-corrected chi connectivity index (χ0v) is 11.8. The monoisotopic (exact) mass is 307 g/mol. The Balaban J connectivity index is 2.03. The van der Waals surface area contributed by atoms with Gasteiger partial charge in [0.1, 0.15) is 5.82 Å². The summed E-state index contributed by atoms with van der Waals surface area (Å²) in [5.41, 5.74) is 0.959. The van der Waals surface area contributed by atoms with Crippen LogP contribution in [0.15, 0.2) is 35.8 Å². The Bertz CT molecular complexity index is 792. The van der Waals surface area contributed by atoms with E-state index in [4.69, 9.17) is 12.2 Å². The van der Waals surface area contributed by atoms with Gasteiger partial charge >= 0.3 is 0 Å². The first-order valence-electron chi connectivity index (χ1n) is 5.83. The number of H-pyrrole nitrogens is 1. The molecule has 0 atom stereocenters. The Kier molecular flexibility index (Phi) is 3.37. The molecule has 3 aromatic rings. The summed E-state index contributed by atoms with van der Waals surface area (Å²) >= 11 is 6.54. The minimum atomic E-state index is -0.312. The highest BCUT2D eigenvalue weighted by Crippen LogP contribution is 2.26. The van der Waals surface area contributed by atoms with Crippen LogP contribution in [0.5, 0.6) is 5.88 Å². The highest BCUT2D eigenvalue weighted by molar-refractivity contribution is 7.71. The van der Waals surface area contributed by atoms with E-state index in [1.165, 1.54) is 22.0 Å². The SMILES string of the molecule is Oc1c(Cc2ccccc2F)[nH]c(=S)n1-c1nccs1. The molecule has 0 amide bonds. The molecule has 102 valence electrons. The average Bonchev–Trinajstić information content (AvgIpc) is 3.02. The summed E-state index contributed by atoms with van der Waals surface area (Å²) in [6.45, 7) is 0. The van der Waals surface area contributed by atoms with Crippen LogP contribution in [0.4, 0.5) is 4.39 Å².